The molecule has 5 nitrogen and oxygen atoms in total. The van der Waals surface area contributed by atoms with Crippen molar-refractivity contribution in [1.82, 2.24) is 4.90 Å². The fourth-order valence-electron chi connectivity index (χ4n) is 3.39. The molecular weight excluding hydrogens is 393 g/mol. The molecule has 3 rings (SSSR count). The van der Waals surface area contributed by atoms with E-state index < -0.39 is 21.7 Å². The summed E-state index contributed by atoms with van der Waals surface area (Å²) in [5.74, 6) is -0.0886. The largest absolute Gasteiger partial charge is 0.494 e. The minimum atomic E-state index is -3.19. The van der Waals surface area contributed by atoms with E-state index in [0.717, 1.165) is 12.8 Å². The maximum atomic E-state index is 14.2. The van der Waals surface area contributed by atoms with Gasteiger partial charge in [-0.1, -0.05) is 31.5 Å². The lowest BCUT2D eigenvalue weighted by molar-refractivity contribution is 0.0679. The van der Waals surface area contributed by atoms with Crippen LogP contribution in [0.5, 0.6) is 5.75 Å². The predicted octanol–water partition coefficient (Wildman–Crippen LogP) is 3.83. The van der Waals surface area contributed by atoms with E-state index in [0.29, 0.717) is 29.9 Å². The third-order valence-corrected chi connectivity index (χ3v) is 6.83. The number of halogens is 1. The zero-order chi connectivity index (χ0) is 20.9. The molecule has 2 aromatic carbocycles. The van der Waals surface area contributed by atoms with E-state index in [1.165, 1.54) is 11.0 Å². The van der Waals surface area contributed by atoms with E-state index in [1.807, 2.05) is 0 Å². The van der Waals surface area contributed by atoms with Crippen molar-refractivity contribution in [1.29, 1.82) is 0 Å². The van der Waals surface area contributed by atoms with Crippen molar-refractivity contribution >= 4 is 15.7 Å². The molecule has 0 aliphatic carbocycles. The summed E-state index contributed by atoms with van der Waals surface area (Å²) in [6.45, 7) is 2.72. The van der Waals surface area contributed by atoms with Gasteiger partial charge in [0.1, 0.15) is 11.6 Å². The van der Waals surface area contributed by atoms with Crippen molar-refractivity contribution in [2.75, 3.05) is 18.1 Å². The number of unbranched alkanes of at least 4 members (excludes halogenated alkanes) is 1. The molecule has 1 atom stereocenters. The number of rotatable bonds is 8. The molecule has 0 bridgehead atoms. The first-order valence-corrected chi connectivity index (χ1v) is 11.7. The highest BCUT2D eigenvalue weighted by molar-refractivity contribution is 7.91. The topological polar surface area (TPSA) is 63.7 Å². The Morgan fingerprint density at radius 1 is 1.17 bits per heavy atom. The van der Waals surface area contributed by atoms with Crippen LogP contribution in [0.4, 0.5) is 4.39 Å². The molecule has 156 valence electrons. The number of nitrogens with zero attached hydrogens (tertiary/aromatic N) is 1. The van der Waals surface area contributed by atoms with Gasteiger partial charge >= 0.3 is 0 Å². The summed E-state index contributed by atoms with van der Waals surface area (Å²) in [6, 6.07) is 12.6. The van der Waals surface area contributed by atoms with Gasteiger partial charge in [0.2, 0.25) is 0 Å². The molecule has 7 heteroatoms. The van der Waals surface area contributed by atoms with Crippen LogP contribution in [0.3, 0.4) is 0 Å². The Balaban J connectivity index is 1.81. The van der Waals surface area contributed by atoms with Crippen molar-refractivity contribution in [3.8, 4) is 5.75 Å². The first-order chi connectivity index (χ1) is 13.9. The van der Waals surface area contributed by atoms with Gasteiger partial charge in [0.15, 0.2) is 9.84 Å². The second-order valence-corrected chi connectivity index (χ2v) is 9.54. The molecule has 1 fully saturated rings. The van der Waals surface area contributed by atoms with Gasteiger partial charge in [-0.3, -0.25) is 4.79 Å². The number of carbonyl (C=O) groups excluding carboxylic acids is 1. The zero-order valence-electron chi connectivity index (χ0n) is 16.5. The molecular formula is C22H26FNO4S. The highest BCUT2D eigenvalue weighted by Crippen LogP contribution is 2.24. The van der Waals surface area contributed by atoms with Gasteiger partial charge in [0, 0.05) is 23.7 Å². The molecule has 1 amide bonds. The van der Waals surface area contributed by atoms with Crippen molar-refractivity contribution in [3.63, 3.8) is 0 Å². The Labute approximate surface area is 171 Å². The first kappa shape index (κ1) is 21.3. The van der Waals surface area contributed by atoms with Crippen LogP contribution in [0.1, 0.15) is 42.1 Å². The molecule has 1 saturated heterocycles. The number of hydrogen-bond donors (Lipinski definition) is 0. The summed E-state index contributed by atoms with van der Waals surface area (Å²) in [7, 11) is -3.19. The number of sulfone groups is 1. The Bertz CT molecular complexity index is 944. The van der Waals surface area contributed by atoms with E-state index in [2.05, 4.69) is 6.92 Å². The van der Waals surface area contributed by atoms with Gasteiger partial charge in [-0.05, 0) is 43.2 Å². The van der Waals surface area contributed by atoms with E-state index in [4.69, 9.17) is 4.74 Å². The average Bonchev–Trinajstić information content (AvgIpc) is 3.07. The van der Waals surface area contributed by atoms with Crippen molar-refractivity contribution < 1.29 is 22.3 Å². The van der Waals surface area contributed by atoms with Crippen LogP contribution in [-0.4, -0.2) is 43.4 Å². The molecule has 29 heavy (non-hydrogen) atoms. The van der Waals surface area contributed by atoms with Gasteiger partial charge in [0.05, 0.1) is 18.1 Å². The van der Waals surface area contributed by atoms with Crippen LogP contribution in [0.15, 0.2) is 48.5 Å². The van der Waals surface area contributed by atoms with Gasteiger partial charge < -0.3 is 9.64 Å². The summed E-state index contributed by atoms with van der Waals surface area (Å²) in [4.78, 5) is 14.7. The number of ether oxygens (including phenoxy) is 1. The van der Waals surface area contributed by atoms with Crippen LogP contribution in [0.25, 0.3) is 0 Å². The zero-order valence-corrected chi connectivity index (χ0v) is 17.3. The number of hydrogen-bond acceptors (Lipinski definition) is 4. The van der Waals surface area contributed by atoms with Gasteiger partial charge in [-0.25, -0.2) is 12.8 Å². The molecule has 0 aromatic heterocycles. The molecule has 1 heterocycles. The molecule has 1 aliphatic rings. The van der Waals surface area contributed by atoms with Crippen LogP contribution >= 0.6 is 0 Å². The normalized spacial score (nSPS) is 17.8. The first-order valence-electron chi connectivity index (χ1n) is 9.87. The van der Waals surface area contributed by atoms with Gasteiger partial charge in [0.25, 0.3) is 5.91 Å². The van der Waals surface area contributed by atoms with Crippen molar-refractivity contribution in [3.05, 3.63) is 65.5 Å². The van der Waals surface area contributed by atoms with E-state index >= 15 is 0 Å². The fraction of sp³-hybridized carbons (Fsp3) is 0.409. The second-order valence-electron chi connectivity index (χ2n) is 7.31. The van der Waals surface area contributed by atoms with Crippen LogP contribution in [0.2, 0.25) is 0 Å². The third kappa shape index (κ3) is 5.56. The lowest BCUT2D eigenvalue weighted by Gasteiger charge is -2.28. The summed E-state index contributed by atoms with van der Waals surface area (Å²) in [5.41, 5.74) is 0.790. The third-order valence-electron chi connectivity index (χ3n) is 5.08. The summed E-state index contributed by atoms with van der Waals surface area (Å²) < 4.78 is 43.7. The van der Waals surface area contributed by atoms with E-state index in [1.54, 1.807) is 42.5 Å². The predicted molar refractivity (Wildman–Crippen MR) is 110 cm³/mol. The minimum absolute atomic E-state index is 0.0282. The number of benzene rings is 2. The molecule has 1 aliphatic heterocycles. The SMILES string of the molecule is CCCCOc1ccc(C(=O)N(Cc2ccccc2F)[C@@H]2CCS(=O)(=O)C2)cc1. The van der Waals surface area contributed by atoms with Crippen LogP contribution < -0.4 is 4.74 Å². The number of carbonyl (C=O) groups is 1. The molecule has 2 aromatic rings. The van der Waals surface area contributed by atoms with Crippen molar-refractivity contribution in [2.45, 2.75) is 38.8 Å². The van der Waals surface area contributed by atoms with Crippen molar-refractivity contribution in [2.24, 2.45) is 0 Å². The Kier molecular flexibility index (Phi) is 6.90. The monoisotopic (exact) mass is 419 g/mol. The molecule has 0 spiro atoms. The Morgan fingerprint density at radius 3 is 2.52 bits per heavy atom. The summed E-state index contributed by atoms with van der Waals surface area (Å²) >= 11 is 0. The molecule has 0 saturated carbocycles. The fourth-order valence-corrected chi connectivity index (χ4v) is 5.12. The molecule has 0 unspecified atom stereocenters. The Morgan fingerprint density at radius 2 is 1.90 bits per heavy atom. The maximum absolute atomic E-state index is 14.2. The van der Waals surface area contributed by atoms with Crippen LogP contribution in [0, 0.1) is 5.82 Å². The summed E-state index contributed by atoms with van der Waals surface area (Å²) in [5, 5.41) is 0. The van der Waals surface area contributed by atoms with Crippen LogP contribution in [-0.2, 0) is 16.4 Å². The van der Waals surface area contributed by atoms with E-state index in [-0.39, 0.29) is 24.0 Å². The number of amides is 1. The standard InChI is InChI=1S/C22H26FNO4S/c1-2-3-13-28-20-10-8-17(9-11-20)22(25)24(19-12-14-29(26,27)16-19)15-18-6-4-5-7-21(18)23/h4-11,19H,2-3,12-16H2,1H3/t19-/m1/s1. The average molecular weight is 420 g/mol. The van der Waals surface area contributed by atoms with Gasteiger partial charge in [-0.2, -0.15) is 0 Å². The minimum Gasteiger partial charge on any atom is -0.494 e. The highest BCUT2D eigenvalue weighted by Gasteiger charge is 2.35. The highest BCUT2D eigenvalue weighted by atomic mass is 32.2. The lowest BCUT2D eigenvalue weighted by atomic mass is 10.1. The quantitative estimate of drug-likeness (QED) is 0.610. The van der Waals surface area contributed by atoms with Gasteiger partial charge in [-0.15, -0.1) is 0 Å². The second kappa shape index (κ2) is 9.39. The lowest BCUT2D eigenvalue weighted by Crippen LogP contribution is -2.40. The molecule has 0 radical (unpaired) electrons. The molecule has 0 N–H and O–H groups in total. The maximum Gasteiger partial charge on any atom is 0.254 e. The Hall–Kier alpha value is -2.41. The smallest absolute Gasteiger partial charge is 0.254 e. The summed E-state index contributed by atoms with van der Waals surface area (Å²) in [6.07, 6.45) is 2.35. The van der Waals surface area contributed by atoms with E-state index in [9.17, 15) is 17.6 Å².